The van der Waals surface area contributed by atoms with Gasteiger partial charge < -0.3 is 10.2 Å². The molecule has 0 aromatic heterocycles. The van der Waals surface area contributed by atoms with Crippen LogP contribution in [0.25, 0.3) is 0 Å². The van der Waals surface area contributed by atoms with E-state index in [9.17, 15) is 0 Å². The molecule has 1 aromatic carbocycles. The van der Waals surface area contributed by atoms with Gasteiger partial charge in [0.1, 0.15) is 0 Å². The van der Waals surface area contributed by atoms with E-state index in [1.165, 1.54) is 17.5 Å². The third-order valence-electron chi connectivity index (χ3n) is 4.81. The van der Waals surface area contributed by atoms with Gasteiger partial charge in [-0.15, -0.1) is 0 Å². The van der Waals surface area contributed by atoms with Crippen LogP contribution in [0.1, 0.15) is 44.7 Å². The van der Waals surface area contributed by atoms with Crippen molar-refractivity contribution in [1.82, 2.24) is 10.2 Å². The van der Waals surface area contributed by atoms with Gasteiger partial charge in [-0.3, -0.25) is 0 Å². The summed E-state index contributed by atoms with van der Waals surface area (Å²) in [5, 5.41) is 3.78. The van der Waals surface area contributed by atoms with Crippen LogP contribution in [0.5, 0.6) is 0 Å². The highest BCUT2D eigenvalue weighted by atomic mass is 15.2. The van der Waals surface area contributed by atoms with E-state index in [0.29, 0.717) is 6.04 Å². The maximum Gasteiger partial charge on any atom is 0.0328 e. The molecule has 0 bridgehead atoms. The second-order valence-electron chi connectivity index (χ2n) is 6.24. The molecular formula is C18H32N2. The van der Waals surface area contributed by atoms with Gasteiger partial charge in [-0.25, -0.2) is 0 Å². The van der Waals surface area contributed by atoms with E-state index in [0.717, 1.165) is 19.4 Å². The van der Waals surface area contributed by atoms with Crippen molar-refractivity contribution in [2.75, 3.05) is 20.6 Å². The molecule has 0 aliphatic carbocycles. The molecule has 0 saturated carbocycles. The molecule has 0 amide bonds. The van der Waals surface area contributed by atoms with Crippen molar-refractivity contribution in [3.63, 3.8) is 0 Å². The SMILES string of the molecule is CCCNC(Cc1ccccc1C)C(C)(CC)N(C)C. The molecular weight excluding hydrogens is 244 g/mol. The van der Waals surface area contributed by atoms with Crippen molar-refractivity contribution < 1.29 is 0 Å². The molecule has 2 atom stereocenters. The number of aryl methyl sites for hydroxylation is 1. The Morgan fingerprint density at radius 1 is 1.20 bits per heavy atom. The number of likely N-dealkylation sites (N-methyl/N-ethyl adjacent to an activating group) is 1. The predicted octanol–water partition coefficient (Wildman–Crippen LogP) is 3.64. The quantitative estimate of drug-likeness (QED) is 0.780. The summed E-state index contributed by atoms with van der Waals surface area (Å²) in [6, 6.07) is 9.23. The fourth-order valence-corrected chi connectivity index (χ4v) is 2.76. The van der Waals surface area contributed by atoms with E-state index in [1.807, 2.05) is 0 Å². The number of hydrogen-bond donors (Lipinski definition) is 1. The van der Waals surface area contributed by atoms with Crippen molar-refractivity contribution in [3.8, 4) is 0 Å². The molecule has 20 heavy (non-hydrogen) atoms. The molecule has 0 radical (unpaired) electrons. The van der Waals surface area contributed by atoms with Crippen LogP contribution >= 0.6 is 0 Å². The molecule has 0 saturated heterocycles. The molecule has 2 nitrogen and oxygen atoms in total. The average molecular weight is 276 g/mol. The normalized spacial score (nSPS) is 16.1. The van der Waals surface area contributed by atoms with Crippen molar-refractivity contribution in [3.05, 3.63) is 35.4 Å². The Labute approximate surface area is 125 Å². The highest BCUT2D eigenvalue weighted by Crippen LogP contribution is 2.25. The zero-order chi connectivity index (χ0) is 15.2. The minimum atomic E-state index is 0.178. The van der Waals surface area contributed by atoms with Crippen molar-refractivity contribution in [1.29, 1.82) is 0 Å². The van der Waals surface area contributed by atoms with Gasteiger partial charge in [-0.05, 0) is 64.9 Å². The van der Waals surface area contributed by atoms with Crippen molar-refractivity contribution in [2.24, 2.45) is 0 Å². The smallest absolute Gasteiger partial charge is 0.0328 e. The minimum Gasteiger partial charge on any atom is -0.312 e. The Kier molecular flexibility index (Phi) is 6.70. The summed E-state index contributed by atoms with van der Waals surface area (Å²) in [7, 11) is 4.39. The monoisotopic (exact) mass is 276 g/mol. The fraction of sp³-hybridized carbons (Fsp3) is 0.667. The second-order valence-corrected chi connectivity index (χ2v) is 6.24. The Hall–Kier alpha value is -0.860. The lowest BCUT2D eigenvalue weighted by Crippen LogP contribution is -2.58. The molecule has 0 fully saturated rings. The molecule has 1 aromatic rings. The van der Waals surface area contributed by atoms with Crippen molar-refractivity contribution >= 4 is 0 Å². The first-order chi connectivity index (χ1) is 9.45. The Balaban J connectivity index is 2.97. The summed E-state index contributed by atoms with van der Waals surface area (Å²) >= 11 is 0. The first-order valence-corrected chi connectivity index (χ1v) is 7.91. The van der Waals surface area contributed by atoms with Crippen LogP contribution < -0.4 is 5.32 Å². The Morgan fingerprint density at radius 3 is 2.35 bits per heavy atom. The van der Waals surface area contributed by atoms with Gasteiger partial charge in [-0.2, -0.15) is 0 Å². The number of nitrogens with zero attached hydrogens (tertiary/aromatic N) is 1. The van der Waals surface area contributed by atoms with Gasteiger partial charge >= 0.3 is 0 Å². The van der Waals surface area contributed by atoms with E-state index >= 15 is 0 Å². The van der Waals surface area contributed by atoms with Gasteiger partial charge in [0.05, 0.1) is 0 Å². The summed E-state index contributed by atoms with van der Waals surface area (Å²) in [5.41, 5.74) is 3.04. The van der Waals surface area contributed by atoms with Crippen molar-refractivity contribution in [2.45, 2.75) is 58.5 Å². The fourth-order valence-electron chi connectivity index (χ4n) is 2.76. The standard InChI is InChI=1S/C18H32N2/c1-7-13-19-17(18(4,8-2)20(5)6)14-16-12-10-9-11-15(16)3/h9-12,17,19H,7-8,13-14H2,1-6H3. The van der Waals surface area contributed by atoms with Crippen LogP contribution in [0.3, 0.4) is 0 Å². The number of hydrogen-bond acceptors (Lipinski definition) is 2. The molecule has 0 spiro atoms. The molecule has 1 N–H and O–H groups in total. The second kappa shape index (κ2) is 7.80. The van der Waals surface area contributed by atoms with Crippen LogP contribution in [0, 0.1) is 6.92 Å². The van der Waals surface area contributed by atoms with Crippen LogP contribution in [0.15, 0.2) is 24.3 Å². The summed E-state index contributed by atoms with van der Waals surface area (Å²) < 4.78 is 0. The van der Waals surface area contributed by atoms with Crippen LogP contribution in [0.2, 0.25) is 0 Å². The summed E-state index contributed by atoms with van der Waals surface area (Å²) in [6.07, 6.45) is 3.42. The van der Waals surface area contributed by atoms with Gasteiger partial charge in [0.15, 0.2) is 0 Å². The first-order valence-electron chi connectivity index (χ1n) is 7.91. The van der Waals surface area contributed by atoms with E-state index in [1.54, 1.807) is 0 Å². The maximum atomic E-state index is 3.78. The Bertz CT molecular complexity index is 400. The minimum absolute atomic E-state index is 0.178. The highest BCUT2D eigenvalue weighted by molar-refractivity contribution is 5.27. The summed E-state index contributed by atoms with van der Waals surface area (Å²) in [6.45, 7) is 10.2. The van der Waals surface area contributed by atoms with Gasteiger partial charge in [0.25, 0.3) is 0 Å². The van der Waals surface area contributed by atoms with E-state index in [-0.39, 0.29) is 5.54 Å². The molecule has 0 aliphatic rings. The first kappa shape index (κ1) is 17.2. The van der Waals surface area contributed by atoms with E-state index < -0.39 is 0 Å². The molecule has 2 unspecified atom stereocenters. The van der Waals surface area contributed by atoms with Gasteiger partial charge in [-0.1, -0.05) is 38.1 Å². The molecule has 1 rings (SSSR count). The number of benzene rings is 1. The number of rotatable bonds is 8. The predicted molar refractivity (Wildman–Crippen MR) is 89.3 cm³/mol. The average Bonchev–Trinajstić information content (AvgIpc) is 2.44. The molecule has 0 heterocycles. The summed E-state index contributed by atoms with van der Waals surface area (Å²) in [5.74, 6) is 0. The Morgan fingerprint density at radius 2 is 1.85 bits per heavy atom. The topological polar surface area (TPSA) is 15.3 Å². The van der Waals surface area contributed by atoms with Crippen LogP contribution in [0.4, 0.5) is 0 Å². The molecule has 2 heteroatoms. The highest BCUT2D eigenvalue weighted by Gasteiger charge is 2.34. The molecule has 114 valence electrons. The number of nitrogens with one attached hydrogen (secondary N) is 1. The zero-order valence-electron chi connectivity index (χ0n) is 14.2. The lowest BCUT2D eigenvalue weighted by atomic mass is 9.83. The van der Waals surface area contributed by atoms with E-state index in [4.69, 9.17) is 0 Å². The van der Waals surface area contributed by atoms with Crippen LogP contribution in [-0.2, 0) is 6.42 Å². The summed E-state index contributed by atoms with van der Waals surface area (Å²) in [4.78, 5) is 2.37. The third kappa shape index (κ3) is 4.07. The lowest BCUT2D eigenvalue weighted by Gasteiger charge is -2.43. The van der Waals surface area contributed by atoms with Crippen LogP contribution in [-0.4, -0.2) is 37.1 Å². The zero-order valence-corrected chi connectivity index (χ0v) is 14.2. The van der Waals surface area contributed by atoms with E-state index in [2.05, 4.69) is 76.3 Å². The lowest BCUT2D eigenvalue weighted by molar-refractivity contribution is 0.112. The largest absolute Gasteiger partial charge is 0.312 e. The van der Waals surface area contributed by atoms with Gasteiger partial charge in [0, 0.05) is 11.6 Å². The molecule has 0 aliphatic heterocycles. The van der Waals surface area contributed by atoms with Gasteiger partial charge in [0.2, 0.25) is 0 Å². The third-order valence-corrected chi connectivity index (χ3v) is 4.81. The maximum absolute atomic E-state index is 3.78.